The minimum Gasteiger partial charge on any atom is -0.481 e. The van der Waals surface area contributed by atoms with Crippen molar-refractivity contribution in [3.05, 3.63) is 53.2 Å². The molecule has 2 rings (SSSR count). The van der Waals surface area contributed by atoms with Gasteiger partial charge in [-0.2, -0.15) is 0 Å². The molecule has 0 spiro atoms. The molecule has 0 unspecified atom stereocenters. The summed E-state index contributed by atoms with van der Waals surface area (Å²) in [5, 5.41) is 2.74. The maximum atomic E-state index is 13.6. The van der Waals surface area contributed by atoms with Crippen molar-refractivity contribution < 1.29 is 18.3 Å². The van der Waals surface area contributed by atoms with E-state index in [0.29, 0.717) is 17.6 Å². The quantitative estimate of drug-likeness (QED) is 0.884. The van der Waals surface area contributed by atoms with Crippen LogP contribution in [-0.2, 0) is 6.54 Å². The molecule has 21 heavy (non-hydrogen) atoms. The standard InChI is InChI=1S/C14H13F2N3O2/c1-21-13-4-2-3-8(19-13)7-18-12-5-9(14(17)20)10(15)6-11(12)16/h2-6,18H,7H2,1H3,(H2,17,20). The molecule has 0 atom stereocenters. The third-order valence-corrected chi connectivity index (χ3v) is 2.77. The average Bonchev–Trinajstić information content (AvgIpc) is 2.46. The van der Waals surface area contributed by atoms with E-state index in [1.165, 1.54) is 7.11 Å². The number of carbonyl (C=O) groups excluding carboxylic acids is 1. The van der Waals surface area contributed by atoms with E-state index in [-0.39, 0.29) is 17.8 Å². The molecule has 0 bridgehead atoms. The van der Waals surface area contributed by atoms with Gasteiger partial charge in [-0.1, -0.05) is 6.07 Å². The number of aromatic nitrogens is 1. The lowest BCUT2D eigenvalue weighted by Crippen LogP contribution is -2.14. The van der Waals surface area contributed by atoms with Gasteiger partial charge >= 0.3 is 0 Å². The molecule has 3 N–H and O–H groups in total. The topological polar surface area (TPSA) is 77.2 Å². The van der Waals surface area contributed by atoms with Crippen LogP contribution in [0.4, 0.5) is 14.5 Å². The van der Waals surface area contributed by atoms with Crippen LogP contribution >= 0.6 is 0 Å². The summed E-state index contributed by atoms with van der Waals surface area (Å²) in [5.41, 5.74) is 5.21. The number of halogens is 2. The fraction of sp³-hybridized carbons (Fsp3) is 0.143. The molecule has 7 heteroatoms. The van der Waals surface area contributed by atoms with Crippen molar-refractivity contribution in [2.45, 2.75) is 6.54 Å². The fourth-order valence-corrected chi connectivity index (χ4v) is 1.73. The molecule has 0 aliphatic rings. The lowest BCUT2D eigenvalue weighted by atomic mass is 10.1. The number of hydrogen-bond acceptors (Lipinski definition) is 4. The first-order valence-electron chi connectivity index (χ1n) is 6.04. The minimum atomic E-state index is -0.995. The Bertz CT molecular complexity index is 677. The molecule has 0 saturated heterocycles. The third kappa shape index (κ3) is 3.44. The number of nitrogens with zero attached hydrogens (tertiary/aromatic N) is 1. The monoisotopic (exact) mass is 293 g/mol. The largest absolute Gasteiger partial charge is 0.481 e. The molecular formula is C14H13F2N3O2. The average molecular weight is 293 g/mol. The Balaban J connectivity index is 2.19. The Kier molecular flexibility index (Phi) is 4.32. The van der Waals surface area contributed by atoms with Crippen molar-refractivity contribution in [2.24, 2.45) is 5.73 Å². The highest BCUT2D eigenvalue weighted by molar-refractivity contribution is 5.94. The SMILES string of the molecule is COc1cccc(CNc2cc(C(N)=O)c(F)cc2F)n1. The zero-order valence-electron chi connectivity index (χ0n) is 11.2. The van der Waals surface area contributed by atoms with Gasteiger partial charge in [-0.25, -0.2) is 13.8 Å². The number of ether oxygens (including phenoxy) is 1. The Labute approximate surface area is 119 Å². The molecule has 0 radical (unpaired) electrons. The maximum Gasteiger partial charge on any atom is 0.251 e. The maximum absolute atomic E-state index is 13.6. The number of hydrogen-bond donors (Lipinski definition) is 2. The summed E-state index contributed by atoms with van der Waals surface area (Å²) in [7, 11) is 1.48. The van der Waals surface area contributed by atoms with Gasteiger partial charge in [0.1, 0.15) is 11.6 Å². The predicted octanol–water partition coefficient (Wildman–Crippen LogP) is 2.08. The smallest absolute Gasteiger partial charge is 0.251 e. The zero-order chi connectivity index (χ0) is 15.4. The molecule has 1 aromatic heterocycles. The molecule has 0 saturated carbocycles. The molecule has 1 amide bonds. The highest BCUT2D eigenvalue weighted by Gasteiger charge is 2.13. The van der Waals surface area contributed by atoms with E-state index >= 15 is 0 Å². The Morgan fingerprint density at radius 3 is 2.76 bits per heavy atom. The van der Waals surface area contributed by atoms with Crippen LogP contribution in [0.2, 0.25) is 0 Å². The molecule has 0 aliphatic carbocycles. The third-order valence-electron chi connectivity index (χ3n) is 2.77. The van der Waals surface area contributed by atoms with Crippen LogP contribution in [0, 0.1) is 11.6 Å². The first-order chi connectivity index (χ1) is 10.0. The van der Waals surface area contributed by atoms with Gasteiger partial charge in [0, 0.05) is 12.1 Å². The number of primary amides is 1. The van der Waals surface area contributed by atoms with E-state index in [0.717, 1.165) is 6.07 Å². The molecule has 1 aromatic carbocycles. The van der Waals surface area contributed by atoms with Crippen molar-refractivity contribution in [3.8, 4) is 5.88 Å². The van der Waals surface area contributed by atoms with E-state index < -0.39 is 17.5 Å². The highest BCUT2D eigenvalue weighted by Crippen LogP contribution is 2.20. The van der Waals surface area contributed by atoms with E-state index in [1.54, 1.807) is 18.2 Å². The van der Waals surface area contributed by atoms with Crippen molar-refractivity contribution in [2.75, 3.05) is 12.4 Å². The molecular weight excluding hydrogens is 280 g/mol. The number of nitrogens with one attached hydrogen (secondary N) is 1. The zero-order valence-corrected chi connectivity index (χ0v) is 11.2. The van der Waals surface area contributed by atoms with Crippen molar-refractivity contribution in [3.63, 3.8) is 0 Å². The van der Waals surface area contributed by atoms with Gasteiger partial charge in [-0.05, 0) is 12.1 Å². The second kappa shape index (κ2) is 6.17. The van der Waals surface area contributed by atoms with Crippen molar-refractivity contribution >= 4 is 11.6 Å². The molecule has 0 fully saturated rings. The van der Waals surface area contributed by atoms with Crippen LogP contribution in [0.15, 0.2) is 30.3 Å². The van der Waals surface area contributed by atoms with E-state index in [1.807, 2.05) is 0 Å². The van der Waals surface area contributed by atoms with Crippen LogP contribution in [0.3, 0.4) is 0 Å². The first-order valence-corrected chi connectivity index (χ1v) is 6.04. The number of amides is 1. The van der Waals surface area contributed by atoms with Gasteiger partial charge in [0.2, 0.25) is 5.88 Å². The number of rotatable bonds is 5. The van der Waals surface area contributed by atoms with E-state index in [9.17, 15) is 13.6 Å². The number of pyridine rings is 1. The molecule has 110 valence electrons. The molecule has 1 heterocycles. The number of methoxy groups -OCH3 is 1. The fourth-order valence-electron chi connectivity index (χ4n) is 1.73. The van der Waals surface area contributed by atoms with Gasteiger partial charge in [0.05, 0.1) is 30.6 Å². The summed E-state index contributed by atoms with van der Waals surface area (Å²) in [6.45, 7) is 0.179. The van der Waals surface area contributed by atoms with Gasteiger partial charge in [0.25, 0.3) is 5.91 Å². The van der Waals surface area contributed by atoms with Crippen LogP contribution < -0.4 is 15.8 Å². The van der Waals surface area contributed by atoms with Crippen LogP contribution in [0.1, 0.15) is 16.1 Å². The van der Waals surface area contributed by atoms with Crippen LogP contribution in [-0.4, -0.2) is 18.0 Å². The predicted molar refractivity (Wildman–Crippen MR) is 73.0 cm³/mol. The Morgan fingerprint density at radius 1 is 1.33 bits per heavy atom. The van der Waals surface area contributed by atoms with Gasteiger partial charge in [0.15, 0.2) is 0 Å². The summed E-state index contributed by atoms with van der Waals surface area (Å²) >= 11 is 0. The number of nitrogens with two attached hydrogens (primary N) is 1. The number of benzene rings is 1. The first kappa shape index (κ1) is 14.7. The van der Waals surface area contributed by atoms with Gasteiger partial charge in [-0.15, -0.1) is 0 Å². The van der Waals surface area contributed by atoms with E-state index in [4.69, 9.17) is 10.5 Å². The second-order valence-electron chi connectivity index (χ2n) is 4.20. The Hall–Kier alpha value is -2.70. The normalized spacial score (nSPS) is 10.2. The van der Waals surface area contributed by atoms with Gasteiger partial charge in [-0.3, -0.25) is 4.79 Å². The minimum absolute atomic E-state index is 0.0326. The highest BCUT2D eigenvalue weighted by atomic mass is 19.1. The number of carbonyl (C=O) groups is 1. The Morgan fingerprint density at radius 2 is 2.10 bits per heavy atom. The number of anilines is 1. The lowest BCUT2D eigenvalue weighted by Gasteiger charge is -2.10. The van der Waals surface area contributed by atoms with Crippen molar-refractivity contribution in [1.82, 2.24) is 4.98 Å². The molecule has 2 aromatic rings. The summed E-state index contributed by atoms with van der Waals surface area (Å²) in [5.74, 6) is -2.35. The van der Waals surface area contributed by atoms with E-state index in [2.05, 4.69) is 10.3 Å². The lowest BCUT2D eigenvalue weighted by molar-refractivity contribution is 0.0996. The van der Waals surface area contributed by atoms with Crippen LogP contribution in [0.5, 0.6) is 5.88 Å². The molecule has 0 aliphatic heterocycles. The summed E-state index contributed by atoms with van der Waals surface area (Å²) < 4.78 is 32.0. The molecule has 5 nitrogen and oxygen atoms in total. The summed E-state index contributed by atoms with van der Waals surface area (Å²) in [6, 6.07) is 6.77. The summed E-state index contributed by atoms with van der Waals surface area (Å²) in [6.07, 6.45) is 0. The summed E-state index contributed by atoms with van der Waals surface area (Å²) in [4.78, 5) is 15.2. The van der Waals surface area contributed by atoms with Crippen molar-refractivity contribution in [1.29, 1.82) is 0 Å². The van der Waals surface area contributed by atoms with Crippen LogP contribution in [0.25, 0.3) is 0 Å². The van der Waals surface area contributed by atoms with Gasteiger partial charge < -0.3 is 15.8 Å². The second-order valence-corrected chi connectivity index (χ2v) is 4.20.